The van der Waals surface area contributed by atoms with E-state index in [0.717, 1.165) is 15.6 Å². The molecule has 0 atom stereocenters. The van der Waals surface area contributed by atoms with Gasteiger partial charge in [0.05, 0.1) is 20.8 Å². The van der Waals surface area contributed by atoms with Crippen LogP contribution in [0.1, 0.15) is 22.2 Å². The quantitative estimate of drug-likeness (QED) is 0.426. The van der Waals surface area contributed by atoms with Crippen molar-refractivity contribution in [1.82, 2.24) is 5.43 Å². The van der Waals surface area contributed by atoms with Gasteiger partial charge in [0.15, 0.2) is 0 Å². The molecule has 0 aliphatic heterocycles. The summed E-state index contributed by atoms with van der Waals surface area (Å²) in [6.45, 7) is 1.77. The molecule has 3 nitrogen and oxygen atoms in total. The SMILES string of the molecule is C/C(=N/NC(=O)c1sc2ccccc2c1Cl)c1ccc(Cl)c(Cl)c1. The highest BCUT2D eigenvalue weighted by molar-refractivity contribution is 7.21. The Morgan fingerprint density at radius 1 is 1.08 bits per heavy atom. The molecule has 0 unspecified atom stereocenters. The van der Waals surface area contributed by atoms with Gasteiger partial charge in [-0.3, -0.25) is 4.79 Å². The van der Waals surface area contributed by atoms with Crippen molar-refractivity contribution in [3.05, 3.63) is 68.0 Å². The summed E-state index contributed by atoms with van der Waals surface area (Å²) in [4.78, 5) is 12.8. The van der Waals surface area contributed by atoms with Crippen molar-refractivity contribution in [3.8, 4) is 0 Å². The van der Waals surface area contributed by atoms with Gasteiger partial charge in [0.1, 0.15) is 4.88 Å². The van der Waals surface area contributed by atoms with Gasteiger partial charge in [-0.25, -0.2) is 5.43 Å². The maximum absolute atomic E-state index is 12.4. The largest absolute Gasteiger partial charge is 0.283 e. The lowest BCUT2D eigenvalue weighted by atomic mass is 10.1. The van der Waals surface area contributed by atoms with Gasteiger partial charge in [-0.15, -0.1) is 11.3 Å². The van der Waals surface area contributed by atoms with Crippen LogP contribution in [0.15, 0.2) is 47.6 Å². The Labute approximate surface area is 157 Å². The van der Waals surface area contributed by atoms with Crippen molar-refractivity contribution < 1.29 is 4.79 Å². The average Bonchev–Trinajstić information content (AvgIpc) is 2.92. The van der Waals surface area contributed by atoms with Crippen LogP contribution in [0.2, 0.25) is 15.1 Å². The molecule has 3 aromatic rings. The van der Waals surface area contributed by atoms with Gasteiger partial charge < -0.3 is 0 Å². The van der Waals surface area contributed by atoms with Gasteiger partial charge in [0.25, 0.3) is 5.91 Å². The summed E-state index contributed by atoms with van der Waals surface area (Å²) in [6.07, 6.45) is 0. The second kappa shape index (κ2) is 7.11. The Hall–Kier alpha value is -1.59. The second-order valence-electron chi connectivity index (χ2n) is 5.01. The summed E-state index contributed by atoms with van der Waals surface area (Å²) in [5.74, 6) is -0.347. The zero-order chi connectivity index (χ0) is 17.3. The van der Waals surface area contributed by atoms with Crippen LogP contribution in [-0.2, 0) is 0 Å². The van der Waals surface area contributed by atoms with E-state index in [1.165, 1.54) is 11.3 Å². The van der Waals surface area contributed by atoms with Crippen LogP contribution < -0.4 is 5.43 Å². The molecule has 0 aliphatic rings. The first-order valence-electron chi connectivity index (χ1n) is 6.94. The molecule has 1 amide bonds. The number of benzene rings is 2. The van der Waals surface area contributed by atoms with Crippen molar-refractivity contribution in [2.24, 2.45) is 5.10 Å². The number of hydrazone groups is 1. The number of hydrogen-bond donors (Lipinski definition) is 1. The number of halogens is 3. The first-order chi connectivity index (χ1) is 11.5. The summed E-state index contributed by atoms with van der Waals surface area (Å²) < 4.78 is 0.956. The topological polar surface area (TPSA) is 41.5 Å². The van der Waals surface area contributed by atoms with Gasteiger partial charge >= 0.3 is 0 Å². The molecule has 0 bridgehead atoms. The van der Waals surface area contributed by atoms with E-state index in [4.69, 9.17) is 34.8 Å². The standard InChI is InChI=1S/C17H11Cl3N2OS/c1-9(10-6-7-12(18)13(19)8-10)21-22-17(23)16-15(20)11-4-2-3-5-14(11)24-16/h2-8H,1H3,(H,22,23)/b21-9-. The fourth-order valence-corrected chi connectivity index (χ4v) is 3.84. The van der Waals surface area contributed by atoms with E-state index >= 15 is 0 Å². The summed E-state index contributed by atoms with van der Waals surface area (Å²) >= 11 is 19.5. The Balaban J connectivity index is 1.83. The van der Waals surface area contributed by atoms with Crippen LogP contribution in [0.25, 0.3) is 10.1 Å². The highest BCUT2D eigenvalue weighted by Gasteiger charge is 2.16. The van der Waals surface area contributed by atoms with E-state index in [9.17, 15) is 4.79 Å². The van der Waals surface area contributed by atoms with Crippen molar-refractivity contribution in [2.45, 2.75) is 6.92 Å². The summed E-state index contributed by atoms with van der Waals surface area (Å²) in [5.41, 5.74) is 3.91. The zero-order valence-corrected chi connectivity index (χ0v) is 15.5. The molecule has 0 radical (unpaired) electrons. The third-order valence-electron chi connectivity index (χ3n) is 3.40. The zero-order valence-electron chi connectivity index (χ0n) is 12.4. The van der Waals surface area contributed by atoms with E-state index in [0.29, 0.717) is 25.7 Å². The van der Waals surface area contributed by atoms with Crippen molar-refractivity contribution in [1.29, 1.82) is 0 Å². The number of fused-ring (bicyclic) bond motifs is 1. The summed E-state index contributed by atoms with van der Waals surface area (Å²) in [6, 6.07) is 12.8. The number of nitrogens with zero attached hydrogens (tertiary/aromatic N) is 1. The second-order valence-corrected chi connectivity index (χ2v) is 7.25. The van der Waals surface area contributed by atoms with E-state index in [2.05, 4.69) is 10.5 Å². The molecule has 0 spiro atoms. The van der Waals surface area contributed by atoms with Crippen LogP contribution in [0.3, 0.4) is 0 Å². The Morgan fingerprint density at radius 2 is 1.83 bits per heavy atom. The smallest absolute Gasteiger partial charge is 0.266 e. The van der Waals surface area contributed by atoms with E-state index in [1.54, 1.807) is 25.1 Å². The lowest BCUT2D eigenvalue weighted by Crippen LogP contribution is -2.18. The monoisotopic (exact) mass is 396 g/mol. The van der Waals surface area contributed by atoms with Crippen LogP contribution in [0.4, 0.5) is 0 Å². The fraction of sp³-hybridized carbons (Fsp3) is 0.0588. The average molecular weight is 398 g/mol. The van der Waals surface area contributed by atoms with Crippen LogP contribution in [-0.4, -0.2) is 11.6 Å². The van der Waals surface area contributed by atoms with E-state index in [1.807, 2.05) is 24.3 Å². The van der Waals surface area contributed by atoms with Crippen molar-refractivity contribution in [3.63, 3.8) is 0 Å². The third-order valence-corrected chi connectivity index (χ3v) is 5.82. The number of carbonyl (C=O) groups is 1. The Kier molecular flexibility index (Phi) is 5.11. The summed E-state index contributed by atoms with van der Waals surface area (Å²) in [7, 11) is 0. The summed E-state index contributed by atoms with van der Waals surface area (Å²) in [5, 5.41) is 6.32. The molecule has 0 saturated heterocycles. The molecule has 122 valence electrons. The van der Waals surface area contributed by atoms with Crippen molar-refractivity contribution in [2.75, 3.05) is 0 Å². The minimum Gasteiger partial charge on any atom is -0.266 e. The molecular formula is C17H11Cl3N2OS. The maximum atomic E-state index is 12.4. The molecular weight excluding hydrogens is 387 g/mol. The van der Waals surface area contributed by atoms with E-state index < -0.39 is 0 Å². The number of nitrogens with one attached hydrogen (secondary N) is 1. The van der Waals surface area contributed by atoms with Gasteiger partial charge in [-0.2, -0.15) is 5.10 Å². The molecule has 3 rings (SSSR count). The lowest BCUT2D eigenvalue weighted by molar-refractivity contribution is 0.0959. The molecule has 0 saturated carbocycles. The molecule has 0 fully saturated rings. The molecule has 0 aliphatic carbocycles. The van der Waals surface area contributed by atoms with E-state index in [-0.39, 0.29) is 5.91 Å². The third kappa shape index (κ3) is 3.42. The normalized spacial score (nSPS) is 11.8. The minimum atomic E-state index is -0.347. The molecule has 1 N–H and O–H groups in total. The minimum absolute atomic E-state index is 0.347. The number of carbonyl (C=O) groups excluding carboxylic acids is 1. The molecule has 24 heavy (non-hydrogen) atoms. The number of hydrogen-bond acceptors (Lipinski definition) is 3. The molecule has 7 heteroatoms. The fourth-order valence-electron chi connectivity index (χ4n) is 2.13. The Morgan fingerprint density at radius 3 is 2.54 bits per heavy atom. The first kappa shape index (κ1) is 17.2. The molecule has 1 heterocycles. The van der Waals surface area contributed by atoms with Crippen LogP contribution >= 0.6 is 46.1 Å². The highest BCUT2D eigenvalue weighted by atomic mass is 35.5. The van der Waals surface area contributed by atoms with Gasteiger partial charge in [0.2, 0.25) is 0 Å². The maximum Gasteiger partial charge on any atom is 0.283 e. The number of thiophene rings is 1. The Bertz CT molecular complexity index is 966. The van der Waals surface area contributed by atoms with Crippen LogP contribution in [0.5, 0.6) is 0 Å². The first-order valence-corrected chi connectivity index (χ1v) is 8.89. The highest BCUT2D eigenvalue weighted by Crippen LogP contribution is 2.35. The van der Waals surface area contributed by atoms with Gasteiger partial charge in [0, 0.05) is 10.1 Å². The predicted octanol–water partition coefficient (Wildman–Crippen LogP) is 6.02. The van der Waals surface area contributed by atoms with Gasteiger partial charge in [-0.1, -0.05) is 59.1 Å². The lowest BCUT2D eigenvalue weighted by Gasteiger charge is -2.04. The predicted molar refractivity (Wildman–Crippen MR) is 103 cm³/mol. The molecule has 2 aromatic carbocycles. The van der Waals surface area contributed by atoms with Crippen molar-refractivity contribution >= 4 is 67.8 Å². The molecule has 1 aromatic heterocycles. The van der Waals surface area contributed by atoms with Gasteiger partial charge in [-0.05, 0) is 30.7 Å². The van der Waals surface area contributed by atoms with Crippen LogP contribution in [0, 0.1) is 0 Å². The number of amides is 1. The number of rotatable bonds is 3.